The molecule has 2 amide bonds. The summed E-state index contributed by atoms with van der Waals surface area (Å²) in [6.07, 6.45) is 5.39. The quantitative estimate of drug-likeness (QED) is 0.498. The molecule has 0 N–H and O–H groups in total. The van der Waals surface area contributed by atoms with E-state index in [0.717, 1.165) is 56.4 Å². The zero-order chi connectivity index (χ0) is 26.4. The summed E-state index contributed by atoms with van der Waals surface area (Å²) < 4.78 is 13.4. The van der Waals surface area contributed by atoms with Gasteiger partial charge in [0, 0.05) is 57.3 Å². The number of hydrogen-bond donors (Lipinski definition) is 0. The Morgan fingerprint density at radius 3 is 2.11 bits per heavy atom. The molecular formula is C31H42FN3O2. The van der Waals surface area contributed by atoms with Crippen LogP contribution in [0.25, 0.3) is 0 Å². The molecule has 0 unspecified atom stereocenters. The topological polar surface area (TPSA) is 43.9 Å². The molecular weight excluding hydrogens is 465 g/mol. The van der Waals surface area contributed by atoms with Crippen molar-refractivity contribution < 1.29 is 14.0 Å². The maximum atomic E-state index is 13.4. The van der Waals surface area contributed by atoms with Crippen LogP contribution in [0.4, 0.5) is 4.39 Å². The van der Waals surface area contributed by atoms with Gasteiger partial charge in [0.2, 0.25) is 5.91 Å². The lowest BCUT2D eigenvalue weighted by atomic mass is 9.86. The van der Waals surface area contributed by atoms with E-state index >= 15 is 0 Å². The van der Waals surface area contributed by atoms with Gasteiger partial charge in [-0.3, -0.25) is 14.5 Å². The Morgan fingerprint density at radius 2 is 1.51 bits per heavy atom. The minimum atomic E-state index is -0.258. The lowest BCUT2D eigenvalue weighted by Crippen LogP contribution is -2.51. The molecule has 1 saturated heterocycles. The number of carbonyl (C=O) groups is 2. The van der Waals surface area contributed by atoms with Crippen LogP contribution in [-0.2, 0) is 16.8 Å². The van der Waals surface area contributed by atoms with Gasteiger partial charge in [0.15, 0.2) is 0 Å². The number of halogens is 1. The second-order valence-electron chi connectivity index (χ2n) is 11.7. The minimum Gasteiger partial charge on any atom is -0.337 e. The van der Waals surface area contributed by atoms with Gasteiger partial charge in [0.1, 0.15) is 5.82 Å². The average Bonchev–Trinajstić information content (AvgIpc) is 2.91. The zero-order valence-corrected chi connectivity index (χ0v) is 22.7. The van der Waals surface area contributed by atoms with E-state index in [1.807, 2.05) is 21.9 Å². The molecule has 0 atom stereocenters. The molecule has 0 radical (unpaired) electrons. The van der Waals surface area contributed by atoms with Crippen LogP contribution in [0.2, 0.25) is 0 Å². The fourth-order valence-corrected chi connectivity index (χ4v) is 5.42. The molecule has 4 rings (SSSR count). The van der Waals surface area contributed by atoms with Crippen molar-refractivity contribution >= 4 is 11.8 Å². The smallest absolute Gasteiger partial charge is 0.253 e. The molecule has 2 aromatic rings. The highest BCUT2D eigenvalue weighted by Crippen LogP contribution is 2.26. The molecule has 0 bridgehead atoms. The van der Waals surface area contributed by atoms with E-state index in [0.29, 0.717) is 26.2 Å². The molecule has 0 spiro atoms. The van der Waals surface area contributed by atoms with E-state index in [2.05, 4.69) is 37.8 Å². The molecule has 1 aliphatic heterocycles. The predicted octanol–water partition coefficient (Wildman–Crippen LogP) is 5.49. The van der Waals surface area contributed by atoms with Crippen LogP contribution < -0.4 is 0 Å². The third kappa shape index (κ3) is 7.41. The summed E-state index contributed by atoms with van der Waals surface area (Å²) in [5, 5.41) is 0. The van der Waals surface area contributed by atoms with E-state index < -0.39 is 0 Å². The van der Waals surface area contributed by atoms with E-state index in [-0.39, 0.29) is 29.0 Å². The van der Waals surface area contributed by atoms with E-state index in [1.165, 1.54) is 24.1 Å². The third-order valence-electron chi connectivity index (χ3n) is 7.90. The van der Waals surface area contributed by atoms with Crippen LogP contribution >= 0.6 is 0 Å². The fourth-order valence-electron chi connectivity index (χ4n) is 5.42. The Hall–Kier alpha value is -2.73. The van der Waals surface area contributed by atoms with Crippen LogP contribution in [0.3, 0.4) is 0 Å². The first-order valence-electron chi connectivity index (χ1n) is 13.9. The Kier molecular flexibility index (Phi) is 9.01. The number of nitrogens with zero attached hydrogens (tertiary/aromatic N) is 3. The van der Waals surface area contributed by atoms with Crippen molar-refractivity contribution in [2.75, 3.05) is 39.3 Å². The second-order valence-corrected chi connectivity index (χ2v) is 11.7. The van der Waals surface area contributed by atoms with Crippen molar-refractivity contribution in [2.24, 2.45) is 5.92 Å². The fraction of sp³-hybridized carbons (Fsp3) is 0.548. The highest BCUT2D eigenvalue weighted by atomic mass is 19.1. The molecule has 0 aromatic heterocycles. The first kappa shape index (κ1) is 27.3. The van der Waals surface area contributed by atoms with Crippen LogP contribution in [0.15, 0.2) is 48.5 Å². The van der Waals surface area contributed by atoms with Gasteiger partial charge in [-0.05, 0) is 53.6 Å². The van der Waals surface area contributed by atoms with E-state index in [1.54, 1.807) is 12.1 Å². The number of rotatable bonds is 7. The van der Waals surface area contributed by atoms with Crippen LogP contribution in [0.5, 0.6) is 0 Å². The Balaban J connectivity index is 1.31. The largest absolute Gasteiger partial charge is 0.337 e. The van der Waals surface area contributed by atoms with Crippen molar-refractivity contribution in [3.63, 3.8) is 0 Å². The summed E-state index contributed by atoms with van der Waals surface area (Å²) in [5.74, 6) is 0.168. The molecule has 5 nitrogen and oxygen atoms in total. The van der Waals surface area contributed by atoms with Crippen LogP contribution in [0, 0.1) is 11.7 Å². The summed E-state index contributed by atoms with van der Waals surface area (Å²) in [7, 11) is 0. The molecule has 1 heterocycles. The highest BCUT2D eigenvalue weighted by molar-refractivity contribution is 5.94. The van der Waals surface area contributed by atoms with Crippen molar-refractivity contribution in [3.05, 3.63) is 71.0 Å². The Bertz CT molecular complexity index is 1030. The number of amides is 2. The Morgan fingerprint density at radius 1 is 0.892 bits per heavy atom. The van der Waals surface area contributed by atoms with Gasteiger partial charge < -0.3 is 9.80 Å². The number of benzene rings is 2. The lowest BCUT2D eigenvalue weighted by molar-refractivity contribution is -0.137. The Labute approximate surface area is 221 Å². The van der Waals surface area contributed by atoms with Gasteiger partial charge in [0.25, 0.3) is 5.91 Å². The predicted molar refractivity (Wildman–Crippen MR) is 146 cm³/mol. The number of hydrogen-bond acceptors (Lipinski definition) is 3. The molecule has 1 aliphatic carbocycles. The SMILES string of the molecule is CC(C)(C)c1ccc(C(=O)N2CCN(CCN(Cc3ccc(F)cc3)C(=O)C3CCCCC3)CC2)cc1. The molecule has 200 valence electrons. The number of piperazine rings is 1. The van der Waals surface area contributed by atoms with Crippen molar-refractivity contribution in [2.45, 2.75) is 64.8 Å². The molecule has 2 aliphatic rings. The highest BCUT2D eigenvalue weighted by Gasteiger charge is 2.28. The maximum absolute atomic E-state index is 13.4. The lowest BCUT2D eigenvalue weighted by Gasteiger charge is -2.36. The van der Waals surface area contributed by atoms with Crippen LogP contribution in [-0.4, -0.2) is 65.8 Å². The van der Waals surface area contributed by atoms with Gasteiger partial charge in [-0.25, -0.2) is 4.39 Å². The maximum Gasteiger partial charge on any atom is 0.253 e. The van der Waals surface area contributed by atoms with Crippen molar-refractivity contribution in [1.82, 2.24) is 14.7 Å². The zero-order valence-electron chi connectivity index (χ0n) is 22.7. The van der Waals surface area contributed by atoms with Crippen molar-refractivity contribution in [1.29, 1.82) is 0 Å². The first-order chi connectivity index (χ1) is 17.7. The molecule has 1 saturated carbocycles. The third-order valence-corrected chi connectivity index (χ3v) is 7.90. The number of carbonyl (C=O) groups excluding carboxylic acids is 2. The molecule has 2 fully saturated rings. The van der Waals surface area contributed by atoms with Gasteiger partial charge in [0.05, 0.1) is 0 Å². The average molecular weight is 508 g/mol. The summed E-state index contributed by atoms with van der Waals surface area (Å²) in [5.41, 5.74) is 2.99. The van der Waals surface area contributed by atoms with E-state index in [9.17, 15) is 14.0 Å². The normalized spacial score (nSPS) is 17.6. The van der Waals surface area contributed by atoms with Gasteiger partial charge in [-0.15, -0.1) is 0 Å². The van der Waals surface area contributed by atoms with Gasteiger partial charge in [-0.1, -0.05) is 64.3 Å². The summed E-state index contributed by atoms with van der Waals surface area (Å²) in [6.45, 7) is 11.4. The van der Waals surface area contributed by atoms with Crippen LogP contribution in [0.1, 0.15) is 74.4 Å². The van der Waals surface area contributed by atoms with E-state index in [4.69, 9.17) is 0 Å². The first-order valence-corrected chi connectivity index (χ1v) is 13.9. The minimum absolute atomic E-state index is 0.0656. The molecule has 6 heteroatoms. The molecule has 37 heavy (non-hydrogen) atoms. The second kappa shape index (κ2) is 12.2. The van der Waals surface area contributed by atoms with Gasteiger partial charge >= 0.3 is 0 Å². The van der Waals surface area contributed by atoms with Crippen molar-refractivity contribution in [3.8, 4) is 0 Å². The summed E-state index contributed by atoms with van der Waals surface area (Å²) in [4.78, 5) is 32.7. The summed E-state index contributed by atoms with van der Waals surface area (Å²) in [6, 6.07) is 14.5. The molecule has 2 aromatic carbocycles. The summed E-state index contributed by atoms with van der Waals surface area (Å²) >= 11 is 0. The standard InChI is InChI=1S/C31H42FN3O2/c1-31(2,3)27-13-11-26(12-14-27)29(36)34-20-17-33(18-21-34)19-22-35(23-24-9-15-28(32)16-10-24)30(37)25-7-5-4-6-8-25/h9-16,25H,4-8,17-23H2,1-3H3. The monoisotopic (exact) mass is 507 g/mol. The van der Waals surface area contributed by atoms with Gasteiger partial charge in [-0.2, -0.15) is 0 Å².